The van der Waals surface area contributed by atoms with Crippen molar-refractivity contribution in [2.24, 2.45) is 0 Å². The lowest BCUT2D eigenvalue weighted by Crippen LogP contribution is -1.99. The molecule has 0 fully saturated rings. The Kier molecular flexibility index (Phi) is 6.80. The number of halogens is 2. The van der Waals surface area contributed by atoms with Crippen molar-refractivity contribution in [2.45, 2.75) is 25.1 Å². The summed E-state index contributed by atoms with van der Waals surface area (Å²) in [6.07, 6.45) is 3.03. The summed E-state index contributed by atoms with van der Waals surface area (Å²) in [7, 11) is 1.65. The maximum absolute atomic E-state index is 5.76. The van der Waals surface area contributed by atoms with E-state index in [-0.39, 0.29) is 0 Å². The van der Waals surface area contributed by atoms with E-state index in [1.807, 2.05) is 23.6 Å². The van der Waals surface area contributed by atoms with Gasteiger partial charge in [-0.2, -0.15) is 0 Å². The summed E-state index contributed by atoms with van der Waals surface area (Å²) in [4.78, 5) is 4.44. The van der Waals surface area contributed by atoms with Crippen LogP contribution in [0.1, 0.15) is 23.5 Å². The van der Waals surface area contributed by atoms with E-state index in [1.165, 1.54) is 0 Å². The van der Waals surface area contributed by atoms with Crippen molar-refractivity contribution >= 4 is 38.9 Å². The summed E-state index contributed by atoms with van der Waals surface area (Å²) < 4.78 is 11.8. The molecule has 0 unspecified atom stereocenters. The maximum atomic E-state index is 5.76. The topological polar surface area (TPSA) is 31.4 Å². The van der Waals surface area contributed by atoms with Crippen molar-refractivity contribution in [1.29, 1.82) is 0 Å². The fraction of sp³-hybridized carbons (Fsp3) is 0.400. The van der Waals surface area contributed by atoms with Crippen LogP contribution in [-0.4, -0.2) is 18.7 Å². The minimum Gasteiger partial charge on any atom is -0.497 e. The SMILES string of the molecule is COc1ccc(OCCCCc2nc(CCl)cs2)c(Br)c1. The molecule has 0 atom stereocenters. The highest BCUT2D eigenvalue weighted by Gasteiger charge is 2.04. The summed E-state index contributed by atoms with van der Waals surface area (Å²) >= 11 is 10.9. The number of nitrogens with zero attached hydrogens (tertiary/aromatic N) is 1. The van der Waals surface area contributed by atoms with Gasteiger partial charge in [-0.25, -0.2) is 4.98 Å². The molecule has 1 aromatic carbocycles. The van der Waals surface area contributed by atoms with E-state index in [0.717, 1.165) is 45.9 Å². The summed E-state index contributed by atoms with van der Waals surface area (Å²) in [5.41, 5.74) is 0.968. The Labute approximate surface area is 142 Å². The van der Waals surface area contributed by atoms with E-state index in [0.29, 0.717) is 12.5 Å². The summed E-state index contributed by atoms with van der Waals surface area (Å²) in [6, 6.07) is 5.71. The molecule has 0 N–H and O–H groups in total. The second-order valence-corrected chi connectivity index (χ2v) is 6.53. The highest BCUT2D eigenvalue weighted by Crippen LogP contribution is 2.29. The van der Waals surface area contributed by atoms with E-state index in [2.05, 4.69) is 20.9 Å². The molecule has 2 aromatic rings. The van der Waals surface area contributed by atoms with Crippen LogP contribution in [0.4, 0.5) is 0 Å². The normalized spacial score (nSPS) is 10.6. The van der Waals surface area contributed by atoms with E-state index >= 15 is 0 Å². The fourth-order valence-corrected chi connectivity index (χ4v) is 3.35. The van der Waals surface area contributed by atoms with Crippen LogP contribution in [0.2, 0.25) is 0 Å². The molecular weight excluding hydrogens is 374 g/mol. The third-order valence-corrected chi connectivity index (χ3v) is 4.77. The second kappa shape index (κ2) is 8.61. The summed E-state index contributed by atoms with van der Waals surface area (Å²) in [5, 5.41) is 3.17. The first-order chi connectivity index (χ1) is 10.2. The predicted molar refractivity (Wildman–Crippen MR) is 90.8 cm³/mol. The minimum absolute atomic E-state index is 0.491. The maximum Gasteiger partial charge on any atom is 0.133 e. The zero-order chi connectivity index (χ0) is 15.1. The van der Waals surface area contributed by atoms with Crippen molar-refractivity contribution in [3.05, 3.63) is 38.8 Å². The predicted octanol–water partition coefficient (Wildman–Crippen LogP) is 5.05. The van der Waals surface area contributed by atoms with E-state index in [4.69, 9.17) is 21.1 Å². The Bertz CT molecular complexity index is 577. The van der Waals surface area contributed by atoms with Gasteiger partial charge in [0.25, 0.3) is 0 Å². The number of hydrogen-bond donors (Lipinski definition) is 0. The van der Waals surface area contributed by atoms with E-state index < -0.39 is 0 Å². The van der Waals surface area contributed by atoms with Crippen LogP contribution in [0.5, 0.6) is 11.5 Å². The average molecular weight is 391 g/mol. The lowest BCUT2D eigenvalue weighted by molar-refractivity contribution is 0.304. The van der Waals surface area contributed by atoms with Gasteiger partial charge in [0.15, 0.2) is 0 Å². The quantitative estimate of drug-likeness (QED) is 0.466. The van der Waals surface area contributed by atoms with Crippen LogP contribution in [0.15, 0.2) is 28.1 Å². The van der Waals surface area contributed by atoms with Gasteiger partial charge in [0.1, 0.15) is 11.5 Å². The smallest absolute Gasteiger partial charge is 0.133 e. The Hall–Kier alpha value is -0.780. The zero-order valence-corrected chi connectivity index (χ0v) is 14.9. The van der Waals surface area contributed by atoms with E-state index in [1.54, 1.807) is 18.4 Å². The Balaban J connectivity index is 1.70. The molecule has 0 saturated carbocycles. The van der Waals surface area contributed by atoms with Gasteiger partial charge in [-0.15, -0.1) is 22.9 Å². The molecule has 114 valence electrons. The Morgan fingerprint density at radius 3 is 2.86 bits per heavy atom. The number of hydrogen-bond acceptors (Lipinski definition) is 4. The molecule has 3 nitrogen and oxygen atoms in total. The van der Waals surface area contributed by atoms with Crippen molar-refractivity contribution in [2.75, 3.05) is 13.7 Å². The Morgan fingerprint density at radius 1 is 1.33 bits per heavy atom. The van der Waals surface area contributed by atoms with Crippen molar-refractivity contribution in [3.8, 4) is 11.5 Å². The van der Waals surface area contributed by atoms with Crippen molar-refractivity contribution in [1.82, 2.24) is 4.98 Å². The molecule has 0 bridgehead atoms. The lowest BCUT2D eigenvalue weighted by atomic mass is 10.2. The molecule has 1 aromatic heterocycles. The largest absolute Gasteiger partial charge is 0.497 e. The molecule has 0 radical (unpaired) electrons. The molecular formula is C15H17BrClNO2S. The van der Waals surface area contributed by atoms with Crippen LogP contribution in [-0.2, 0) is 12.3 Å². The first-order valence-electron chi connectivity index (χ1n) is 6.68. The van der Waals surface area contributed by atoms with Gasteiger partial charge in [0.2, 0.25) is 0 Å². The number of ether oxygens (including phenoxy) is 2. The van der Waals surface area contributed by atoms with Crippen LogP contribution in [0.25, 0.3) is 0 Å². The van der Waals surface area contributed by atoms with Gasteiger partial charge in [0, 0.05) is 5.38 Å². The number of rotatable bonds is 8. The van der Waals surface area contributed by atoms with Gasteiger partial charge in [-0.1, -0.05) is 0 Å². The van der Waals surface area contributed by atoms with Crippen molar-refractivity contribution < 1.29 is 9.47 Å². The number of alkyl halides is 1. The minimum atomic E-state index is 0.491. The molecule has 6 heteroatoms. The zero-order valence-electron chi connectivity index (χ0n) is 11.8. The molecule has 1 heterocycles. The van der Waals surface area contributed by atoms with Crippen LogP contribution in [0.3, 0.4) is 0 Å². The van der Waals surface area contributed by atoms with E-state index in [9.17, 15) is 0 Å². The molecule has 2 rings (SSSR count). The summed E-state index contributed by atoms with van der Waals surface area (Å²) in [6.45, 7) is 0.693. The standard InChI is InChI=1S/C15H17BrClNO2S/c1-19-12-5-6-14(13(16)8-12)20-7-3-2-4-15-18-11(9-17)10-21-15/h5-6,8,10H,2-4,7,9H2,1H3. The number of unbranched alkanes of at least 4 members (excludes halogenated alkanes) is 1. The molecule has 0 spiro atoms. The van der Waals surface area contributed by atoms with Gasteiger partial charge in [-0.05, 0) is 53.4 Å². The number of benzene rings is 1. The van der Waals surface area contributed by atoms with Gasteiger partial charge < -0.3 is 9.47 Å². The molecule has 0 aliphatic heterocycles. The first kappa shape index (κ1) is 16.6. The first-order valence-corrected chi connectivity index (χ1v) is 8.89. The second-order valence-electron chi connectivity index (χ2n) is 4.47. The van der Waals surface area contributed by atoms with Crippen LogP contribution >= 0.6 is 38.9 Å². The number of aryl methyl sites for hydroxylation is 1. The monoisotopic (exact) mass is 389 g/mol. The number of methoxy groups -OCH3 is 1. The van der Waals surface area contributed by atoms with Crippen LogP contribution in [0, 0.1) is 0 Å². The van der Waals surface area contributed by atoms with Crippen molar-refractivity contribution in [3.63, 3.8) is 0 Å². The molecule has 0 aliphatic carbocycles. The highest BCUT2D eigenvalue weighted by molar-refractivity contribution is 9.10. The fourth-order valence-electron chi connectivity index (χ4n) is 1.81. The molecule has 0 aliphatic rings. The average Bonchev–Trinajstić information content (AvgIpc) is 2.96. The molecule has 0 saturated heterocycles. The number of thiazole rings is 1. The van der Waals surface area contributed by atoms with Crippen LogP contribution < -0.4 is 9.47 Å². The van der Waals surface area contributed by atoms with Gasteiger partial charge in [-0.3, -0.25) is 0 Å². The molecule has 21 heavy (non-hydrogen) atoms. The lowest BCUT2D eigenvalue weighted by Gasteiger charge is -2.09. The van der Waals surface area contributed by atoms with Gasteiger partial charge in [0.05, 0.1) is 34.8 Å². The third-order valence-electron chi connectivity index (χ3n) is 2.92. The summed E-state index contributed by atoms with van der Waals surface area (Å²) in [5.74, 6) is 2.15. The number of aromatic nitrogens is 1. The third kappa shape index (κ3) is 5.16. The Morgan fingerprint density at radius 2 is 2.19 bits per heavy atom. The van der Waals surface area contributed by atoms with Gasteiger partial charge >= 0.3 is 0 Å². The molecule has 0 amide bonds. The highest BCUT2D eigenvalue weighted by atomic mass is 79.9.